The molecule has 2 fully saturated rings. The number of hydrogen-bond acceptors (Lipinski definition) is 2. The van der Waals surface area contributed by atoms with Crippen molar-refractivity contribution < 1.29 is 4.74 Å². The summed E-state index contributed by atoms with van der Waals surface area (Å²) in [6.07, 6.45) is 9.67. The SMILES string of the molecule is CCOC1CCN(C(=NC)NCCC2CCCC(C)C2)CC1.I. The number of likely N-dealkylation sites (tertiary alicyclic amines) is 1. The lowest BCUT2D eigenvalue weighted by Crippen LogP contribution is -2.47. The van der Waals surface area contributed by atoms with E-state index in [0.717, 1.165) is 56.9 Å². The Kier molecular flexibility index (Phi) is 10.5. The van der Waals surface area contributed by atoms with Crippen LogP contribution in [0.2, 0.25) is 0 Å². The Morgan fingerprint density at radius 1 is 1.22 bits per heavy atom. The van der Waals surface area contributed by atoms with Crippen LogP contribution < -0.4 is 5.32 Å². The molecule has 4 nitrogen and oxygen atoms in total. The van der Waals surface area contributed by atoms with Crippen molar-refractivity contribution >= 4 is 29.9 Å². The van der Waals surface area contributed by atoms with Gasteiger partial charge < -0.3 is 15.0 Å². The molecule has 5 heteroatoms. The predicted molar refractivity (Wildman–Crippen MR) is 109 cm³/mol. The van der Waals surface area contributed by atoms with Gasteiger partial charge >= 0.3 is 0 Å². The Balaban J connectivity index is 0.00000264. The van der Waals surface area contributed by atoms with Gasteiger partial charge in [-0.05, 0) is 44.4 Å². The first-order valence-corrected chi connectivity index (χ1v) is 9.30. The van der Waals surface area contributed by atoms with Gasteiger partial charge in [0.1, 0.15) is 0 Å². The smallest absolute Gasteiger partial charge is 0.193 e. The minimum Gasteiger partial charge on any atom is -0.378 e. The molecule has 0 spiro atoms. The Hall–Kier alpha value is -0.0400. The Morgan fingerprint density at radius 3 is 2.57 bits per heavy atom. The van der Waals surface area contributed by atoms with E-state index < -0.39 is 0 Å². The lowest BCUT2D eigenvalue weighted by molar-refractivity contribution is 0.0263. The first-order valence-electron chi connectivity index (χ1n) is 9.30. The fraction of sp³-hybridized carbons (Fsp3) is 0.944. The van der Waals surface area contributed by atoms with E-state index in [1.54, 1.807) is 0 Å². The molecule has 1 N–H and O–H groups in total. The number of aliphatic imine (C=N–C) groups is 1. The maximum atomic E-state index is 5.73. The quantitative estimate of drug-likeness (QED) is 0.403. The van der Waals surface area contributed by atoms with E-state index in [-0.39, 0.29) is 24.0 Å². The summed E-state index contributed by atoms with van der Waals surface area (Å²) in [5, 5.41) is 3.58. The first kappa shape index (κ1) is 21.0. The maximum absolute atomic E-state index is 5.73. The van der Waals surface area contributed by atoms with Gasteiger partial charge in [0, 0.05) is 33.3 Å². The number of nitrogens with one attached hydrogen (secondary N) is 1. The average Bonchev–Trinajstić information content (AvgIpc) is 2.53. The van der Waals surface area contributed by atoms with Crippen molar-refractivity contribution in [1.82, 2.24) is 10.2 Å². The van der Waals surface area contributed by atoms with E-state index in [9.17, 15) is 0 Å². The number of halogens is 1. The number of rotatable bonds is 5. The molecule has 1 aliphatic heterocycles. The van der Waals surface area contributed by atoms with Crippen molar-refractivity contribution in [3.63, 3.8) is 0 Å². The standard InChI is InChI=1S/C18H35N3O.HI/c1-4-22-17-9-12-21(13-10-17)18(19-3)20-11-8-16-7-5-6-15(2)14-16;/h15-17H,4-14H2,1-3H3,(H,19,20);1H. The Bertz CT molecular complexity index is 343. The summed E-state index contributed by atoms with van der Waals surface area (Å²) in [5.41, 5.74) is 0. The molecule has 23 heavy (non-hydrogen) atoms. The van der Waals surface area contributed by atoms with Gasteiger partial charge in [-0.3, -0.25) is 4.99 Å². The highest BCUT2D eigenvalue weighted by molar-refractivity contribution is 14.0. The Labute approximate surface area is 159 Å². The Morgan fingerprint density at radius 2 is 1.96 bits per heavy atom. The second-order valence-corrected chi connectivity index (χ2v) is 7.04. The van der Waals surface area contributed by atoms with Gasteiger partial charge in [-0.1, -0.05) is 26.2 Å². The molecule has 0 aromatic heterocycles. The molecule has 2 rings (SSSR count). The van der Waals surface area contributed by atoms with Crippen LogP contribution in [0.5, 0.6) is 0 Å². The molecule has 136 valence electrons. The summed E-state index contributed by atoms with van der Waals surface area (Å²) in [7, 11) is 1.90. The lowest BCUT2D eigenvalue weighted by atomic mass is 9.81. The fourth-order valence-corrected chi connectivity index (χ4v) is 4.01. The van der Waals surface area contributed by atoms with E-state index in [1.807, 2.05) is 7.05 Å². The normalized spacial score (nSPS) is 26.7. The van der Waals surface area contributed by atoms with Gasteiger partial charge in [-0.25, -0.2) is 0 Å². The zero-order valence-corrected chi connectivity index (χ0v) is 17.6. The van der Waals surface area contributed by atoms with Crippen LogP contribution in [0.15, 0.2) is 4.99 Å². The topological polar surface area (TPSA) is 36.9 Å². The van der Waals surface area contributed by atoms with Crippen molar-refractivity contribution in [3.8, 4) is 0 Å². The van der Waals surface area contributed by atoms with Crippen LogP contribution in [0.4, 0.5) is 0 Å². The predicted octanol–water partition coefficient (Wildman–Crippen LogP) is 3.90. The second-order valence-electron chi connectivity index (χ2n) is 7.04. The van der Waals surface area contributed by atoms with Crippen molar-refractivity contribution in [2.24, 2.45) is 16.8 Å². The number of guanidine groups is 1. The largest absolute Gasteiger partial charge is 0.378 e. The van der Waals surface area contributed by atoms with E-state index in [4.69, 9.17) is 4.74 Å². The van der Waals surface area contributed by atoms with Crippen molar-refractivity contribution in [2.75, 3.05) is 33.3 Å². The minimum atomic E-state index is 0. The molecule has 0 bridgehead atoms. The maximum Gasteiger partial charge on any atom is 0.193 e. The van der Waals surface area contributed by atoms with Gasteiger partial charge in [0.2, 0.25) is 0 Å². The number of piperidine rings is 1. The van der Waals surface area contributed by atoms with Crippen molar-refractivity contribution in [2.45, 2.75) is 64.9 Å². The molecule has 2 aliphatic rings. The molecule has 0 radical (unpaired) electrons. The van der Waals surface area contributed by atoms with E-state index in [1.165, 1.54) is 32.1 Å². The van der Waals surface area contributed by atoms with E-state index in [0.29, 0.717) is 6.10 Å². The highest BCUT2D eigenvalue weighted by Crippen LogP contribution is 2.30. The molecule has 1 saturated heterocycles. The minimum absolute atomic E-state index is 0. The zero-order chi connectivity index (χ0) is 15.8. The lowest BCUT2D eigenvalue weighted by Gasteiger charge is -2.34. The molecule has 2 atom stereocenters. The molecule has 1 heterocycles. The third-order valence-electron chi connectivity index (χ3n) is 5.24. The monoisotopic (exact) mass is 437 g/mol. The summed E-state index contributed by atoms with van der Waals surface area (Å²) in [6.45, 7) is 8.50. The summed E-state index contributed by atoms with van der Waals surface area (Å²) < 4.78 is 5.73. The van der Waals surface area contributed by atoms with Crippen LogP contribution in [-0.2, 0) is 4.74 Å². The van der Waals surface area contributed by atoms with E-state index in [2.05, 4.69) is 29.1 Å². The number of hydrogen-bond donors (Lipinski definition) is 1. The molecule has 1 saturated carbocycles. The van der Waals surface area contributed by atoms with Crippen LogP contribution in [0.1, 0.15) is 58.8 Å². The van der Waals surface area contributed by atoms with Crippen LogP contribution in [-0.4, -0.2) is 50.3 Å². The molecule has 2 unspecified atom stereocenters. The average molecular weight is 437 g/mol. The second kappa shape index (κ2) is 11.5. The van der Waals surface area contributed by atoms with Gasteiger partial charge in [-0.2, -0.15) is 0 Å². The molecule has 0 aromatic rings. The summed E-state index contributed by atoms with van der Waals surface area (Å²) in [5.74, 6) is 2.92. The van der Waals surface area contributed by atoms with Gasteiger partial charge in [-0.15, -0.1) is 24.0 Å². The molecular formula is C18H36IN3O. The highest BCUT2D eigenvalue weighted by Gasteiger charge is 2.22. The molecule has 1 aliphatic carbocycles. The molecule has 0 amide bonds. The van der Waals surface area contributed by atoms with E-state index >= 15 is 0 Å². The van der Waals surface area contributed by atoms with Gasteiger partial charge in [0.15, 0.2) is 5.96 Å². The van der Waals surface area contributed by atoms with Crippen LogP contribution in [0, 0.1) is 11.8 Å². The third-order valence-corrected chi connectivity index (χ3v) is 5.24. The molecule has 0 aromatic carbocycles. The van der Waals surface area contributed by atoms with Crippen LogP contribution in [0.25, 0.3) is 0 Å². The molecular weight excluding hydrogens is 401 g/mol. The zero-order valence-electron chi connectivity index (χ0n) is 15.2. The van der Waals surface area contributed by atoms with Gasteiger partial charge in [0.25, 0.3) is 0 Å². The summed E-state index contributed by atoms with van der Waals surface area (Å²) >= 11 is 0. The highest BCUT2D eigenvalue weighted by atomic mass is 127. The van der Waals surface area contributed by atoms with Crippen LogP contribution in [0.3, 0.4) is 0 Å². The summed E-state index contributed by atoms with van der Waals surface area (Å²) in [6, 6.07) is 0. The van der Waals surface area contributed by atoms with Crippen LogP contribution >= 0.6 is 24.0 Å². The van der Waals surface area contributed by atoms with Crippen molar-refractivity contribution in [1.29, 1.82) is 0 Å². The number of ether oxygens (including phenoxy) is 1. The van der Waals surface area contributed by atoms with Crippen molar-refractivity contribution in [3.05, 3.63) is 0 Å². The third kappa shape index (κ3) is 7.16. The first-order chi connectivity index (χ1) is 10.7. The fourth-order valence-electron chi connectivity index (χ4n) is 4.01. The van der Waals surface area contributed by atoms with Gasteiger partial charge in [0.05, 0.1) is 6.10 Å². The number of nitrogens with zero attached hydrogens (tertiary/aromatic N) is 2. The summed E-state index contributed by atoms with van der Waals surface area (Å²) in [4.78, 5) is 6.86.